The fourth-order valence-electron chi connectivity index (χ4n) is 2.63. The van der Waals surface area contributed by atoms with Gasteiger partial charge in [0.2, 0.25) is 5.91 Å². The average Bonchev–Trinajstić information content (AvgIpc) is 3.08. The Kier molecular flexibility index (Phi) is 4.26. The van der Waals surface area contributed by atoms with E-state index in [1.54, 1.807) is 6.92 Å². The predicted molar refractivity (Wildman–Crippen MR) is 89.2 cm³/mol. The van der Waals surface area contributed by atoms with Crippen LogP contribution in [0.15, 0.2) is 41.1 Å². The lowest BCUT2D eigenvalue weighted by Crippen LogP contribution is -2.39. The van der Waals surface area contributed by atoms with Crippen LogP contribution in [0, 0.1) is 5.92 Å². The molecule has 0 saturated heterocycles. The summed E-state index contributed by atoms with van der Waals surface area (Å²) in [5.41, 5.74) is 0.956. The van der Waals surface area contributed by atoms with E-state index in [1.165, 1.54) is 11.3 Å². The first-order chi connectivity index (χ1) is 10.5. The van der Waals surface area contributed by atoms with Crippen LogP contribution in [0.25, 0.3) is 0 Å². The highest BCUT2D eigenvalue weighted by molar-refractivity contribution is 7.08. The molecule has 1 aliphatic rings. The molecule has 0 spiro atoms. The summed E-state index contributed by atoms with van der Waals surface area (Å²) in [4.78, 5) is 12.2. The van der Waals surface area contributed by atoms with Gasteiger partial charge in [-0.1, -0.05) is 23.7 Å². The molecule has 1 fully saturated rings. The number of halogens is 1. The quantitative estimate of drug-likeness (QED) is 0.878. The van der Waals surface area contributed by atoms with E-state index >= 15 is 0 Å². The second kappa shape index (κ2) is 6.03. The van der Waals surface area contributed by atoms with Crippen molar-refractivity contribution in [1.29, 1.82) is 0 Å². The van der Waals surface area contributed by atoms with E-state index in [2.05, 4.69) is 5.32 Å². The van der Waals surface area contributed by atoms with Crippen LogP contribution in [0.4, 0.5) is 0 Å². The highest BCUT2D eigenvalue weighted by atomic mass is 35.5. The Balaban J connectivity index is 1.55. The Morgan fingerprint density at radius 3 is 2.77 bits per heavy atom. The molecule has 0 aliphatic heterocycles. The van der Waals surface area contributed by atoms with E-state index in [-0.39, 0.29) is 24.3 Å². The molecule has 1 aromatic heterocycles. The third-order valence-electron chi connectivity index (χ3n) is 4.18. The monoisotopic (exact) mass is 335 g/mol. The van der Waals surface area contributed by atoms with Crippen molar-refractivity contribution >= 4 is 28.8 Å². The Hall–Kier alpha value is -1.36. The van der Waals surface area contributed by atoms with Gasteiger partial charge in [-0.15, -0.1) is 0 Å². The summed E-state index contributed by atoms with van der Waals surface area (Å²) in [7, 11) is 0. The molecule has 1 aliphatic carbocycles. The van der Waals surface area contributed by atoms with Crippen molar-refractivity contribution in [2.24, 2.45) is 5.92 Å². The third kappa shape index (κ3) is 3.35. The number of nitrogens with one attached hydrogen (secondary N) is 1. The standard InChI is InChI=1S/C17H18ClNO2S/c1-17(21,12-6-7-22-9-12)10-19-16(20)15-8-14(15)11-2-4-13(18)5-3-11/h2-7,9,14-15,21H,8,10H2,1H3,(H,19,20). The van der Waals surface area contributed by atoms with Crippen molar-refractivity contribution in [2.45, 2.75) is 24.9 Å². The van der Waals surface area contributed by atoms with Gasteiger partial charge in [-0.3, -0.25) is 4.79 Å². The number of amides is 1. The molecule has 0 radical (unpaired) electrons. The van der Waals surface area contributed by atoms with Crippen LogP contribution >= 0.6 is 22.9 Å². The summed E-state index contributed by atoms with van der Waals surface area (Å²) in [6, 6.07) is 9.53. The zero-order valence-electron chi connectivity index (χ0n) is 12.3. The molecular weight excluding hydrogens is 318 g/mol. The SMILES string of the molecule is CC(O)(CNC(=O)C1CC1c1ccc(Cl)cc1)c1ccsc1. The molecule has 1 saturated carbocycles. The Morgan fingerprint density at radius 2 is 2.14 bits per heavy atom. The first-order valence-corrected chi connectivity index (χ1v) is 8.58. The summed E-state index contributed by atoms with van der Waals surface area (Å²) >= 11 is 7.41. The highest BCUT2D eigenvalue weighted by Gasteiger charge is 2.44. The number of hydrogen-bond acceptors (Lipinski definition) is 3. The van der Waals surface area contributed by atoms with Crippen molar-refractivity contribution in [3.05, 3.63) is 57.2 Å². The Morgan fingerprint density at radius 1 is 1.41 bits per heavy atom. The number of carbonyl (C=O) groups excluding carboxylic acids is 1. The van der Waals surface area contributed by atoms with Gasteiger partial charge in [-0.25, -0.2) is 0 Å². The topological polar surface area (TPSA) is 49.3 Å². The number of hydrogen-bond donors (Lipinski definition) is 2. The van der Waals surface area contributed by atoms with Crippen LogP contribution < -0.4 is 5.32 Å². The zero-order chi connectivity index (χ0) is 15.7. The molecule has 1 aromatic carbocycles. The minimum absolute atomic E-state index is 0.000509. The maximum Gasteiger partial charge on any atom is 0.223 e. The summed E-state index contributed by atoms with van der Waals surface area (Å²) in [6.45, 7) is 1.95. The van der Waals surface area contributed by atoms with E-state index < -0.39 is 5.60 Å². The largest absolute Gasteiger partial charge is 0.384 e. The maximum atomic E-state index is 12.2. The first kappa shape index (κ1) is 15.5. The van der Waals surface area contributed by atoms with Gasteiger partial charge in [0.25, 0.3) is 0 Å². The van der Waals surface area contributed by atoms with Gasteiger partial charge in [0.1, 0.15) is 5.60 Å². The molecule has 3 nitrogen and oxygen atoms in total. The van der Waals surface area contributed by atoms with E-state index in [9.17, 15) is 9.90 Å². The average molecular weight is 336 g/mol. The van der Waals surface area contributed by atoms with Crippen LogP contribution in [-0.4, -0.2) is 17.6 Å². The molecule has 2 aromatic rings. The number of benzene rings is 1. The smallest absolute Gasteiger partial charge is 0.223 e. The number of thiophene rings is 1. The molecule has 1 amide bonds. The summed E-state index contributed by atoms with van der Waals surface area (Å²) in [5, 5.41) is 17.8. The zero-order valence-corrected chi connectivity index (χ0v) is 13.8. The van der Waals surface area contributed by atoms with Gasteiger partial charge in [-0.05, 0) is 59.3 Å². The van der Waals surface area contributed by atoms with E-state index in [4.69, 9.17) is 11.6 Å². The Labute approximate surface area is 138 Å². The summed E-state index contributed by atoms with van der Waals surface area (Å²) < 4.78 is 0. The lowest BCUT2D eigenvalue weighted by atomic mass is 9.99. The minimum Gasteiger partial charge on any atom is -0.384 e. The number of rotatable bonds is 5. The summed E-state index contributed by atoms with van der Waals surface area (Å²) in [5.74, 6) is 0.276. The second-order valence-electron chi connectivity index (χ2n) is 6.00. The van der Waals surface area contributed by atoms with Gasteiger partial charge in [0, 0.05) is 10.9 Å². The van der Waals surface area contributed by atoms with Gasteiger partial charge in [0.05, 0.1) is 6.54 Å². The molecule has 3 rings (SSSR count). The number of carbonyl (C=O) groups is 1. The van der Waals surface area contributed by atoms with Crippen molar-refractivity contribution in [2.75, 3.05) is 6.54 Å². The highest BCUT2D eigenvalue weighted by Crippen LogP contribution is 2.47. The Bertz CT molecular complexity index is 652. The van der Waals surface area contributed by atoms with Gasteiger partial charge >= 0.3 is 0 Å². The third-order valence-corrected chi connectivity index (χ3v) is 5.11. The molecule has 3 unspecified atom stereocenters. The molecule has 22 heavy (non-hydrogen) atoms. The molecule has 5 heteroatoms. The van der Waals surface area contributed by atoms with Gasteiger partial charge in [0.15, 0.2) is 0 Å². The molecule has 1 heterocycles. The molecule has 0 bridgehead atoms. The van der Waals surface area contributed by atoms with Crippen LogP contribution in [-0.2, 0) is 10.4 Å². The van der Waals surface area contributed by atoms with Gasteiger partial charge < -0.3 is 10.4 Å². The lowest BCUT2D eigenvalue weighted by Gasteiger charge is -2.22. The molecule has 2 N–H and O–H groups in total. The maximum absolute atomic E-state index is 12.2. The van der Waals surface area contributed by atoms with E-state index in [0.717, 1.165) is 17.5 Å². The fourth-order valence-corrected chi connectivity index (χ4v) is 3.54. The molecular formula is C17H18ClNO2S. The van der Waals surface area contributed by atoms with E-state index in [1.807, 2.05) is 41.1 Å². The van der Waals surface area contributed by atoms with Crippen LogP contribution in [0.3, 0.4) is 0 Å². The normalized spacial score (nSPS) is 22.9. The number of aliphatic hydroxyl groups is 1. The first-order valence-electron chi connectivity index (χ1n) is 7.25. The fraction of sp³-hybridized carbons (Fsp3) is 0.353. The van der Waals surface area contributed by atoms with E-state index in [0.29, 0.717) is 5.02 Å². The molecule has 116 valence electrons. The van der Waals surface area contributed by atoms with Gasteiger partial charge in [-0.2, -0.15) is 11.3 Å². The predicted octanol–water partition coefficient (Wildman–Crippen LogP) is 3.53. The van der Waals surface area contributed by atoms with Crippen molar-refractivity contribution in [3.8, 4) is 0 Å². The minimum atomic E-state index is -1.03. The molecule has 3 atom stereocenters. The van der Waals surface area contributed by atoms with Crippen LogP contribution in [0.1, 0.15) is 30.4 Å². The van der Waals surface area contributed by atoms with Crippen molar-refractivity contribution < 1.29 is 9.90 Å². The lowest BCUT2D eigenvalue weighted by molar-refractivity contribution is -0.123. The second-order valence-corrected chi connectivity index (χ2v) is 7.22. The van der Waals surface area contributed by atoms with Crippen molar-refractivity contribution in [3.63, 3.8) is 0 Å². The van der Waals surface area contributed by atoms with Crippen molar-refractivity contribution in [1.82, 2.24) is 5.32 Å². The summed E-state index contributed by atoms with van der Waals surface area (Å²) in [6.07, 6.45) is 0.855. The van der Waals surface area contributed by atoms with Crippen LogP contribution in [0.2, 0.25) is 5.02 Å². The van der Waals surface area contributed by atoms with Crippen LogP contribution in [0.5, 0.6) is 0 Å².